The molecule has 24 heavy (non-hydrogen) atoms. The van der Waals surface area contributed by atoms with E-state index in [0.717, 1.165) is 30.9 Å². The zero-order chi connectivity index (χ0) is 16.4. The van der Waals surface area contributed by atoms with E-state index in [1.165, 1.54) is 23.8 Å². The second kappa shape index (κ2) is 6.77. The van der Waals surface area contributed by atoms with E-state index in [9.17, 15) is 0 Å². The lowest BCUT2D eigenvalue weighted by atomic mass is 9.96. The molecular weight excluding hydrogens is 300 g/mol. The molecule has 126 valence electrons. The van der Waals surface area contributed by atoms with Crippen LogP contribution in [-0.4, -0.2) is 42.8 Å². The van der Waals surface area contributed by atoms with Crippen LogP contribution in [0.1, 0.15) is 24.8 Å². The molecule has 2 bridgehead atoms. The van der Waals surface area contributed by atoms with Crippen LogP contribution in [0.4, 0.5) is 0 Å². The van der Waals surface area contributed by atoms with E-state index in [1.807, 2.05) is 19.3 Å². The molecule has 0 saturated carbocycles. The molecule has 2 N–H and O–H groups in total. The largest absolute Gasteiger partial charge is 0.373 e. The van der Waals surface area contributed by atoms with Crippen LogP contribution in [0.3, 0.4) is 0 Å². The van der Waals surface area contributed by atoms with Crippen LogP contribution in [-0.2, 0) is 11.2 Å². The Hall–Kier alpha value is -2.14. The Morgan fingerprint density at radius 1 is 1.29 bits per heavy atom. The van der Waals surface area contributed by atoms with Crippen LogP contribution in [0.25, 0.3) is 10.9 Å². The summed E-state index contributed by atoms with van der Waals surface area (Å²) in [5, 5.41) is 8.13. The maximum atomic E-state index is 5.90. The molecule has 3 unspecified atom stereocenters. The number of benzene rings is 1. The fraction of sp³-hybridized carbons (Fsp3) is 0.474. The van der Waals surface area contributed by atoms with Crippen molar-refractivity contribution in [2.45, 2.75) is 43.9 Å². The van der Waals surface area contributed by atoms with Gasteiger partial charge < -0.3 is 15.4 Å². The predicted octanol–water partition coefficient (Wildman–Crippen LogP) is 2.26. The number of rotatable bonds is 4. The Morgan fingerprint density at radius 2 is 2.21 bits per heavy atom. The van der Waals surface area contributed by atoms with Crippen LogP contribution >= 0.6 is 0 Å². The molecule has 1 aromatic carbocycles. The van der Waals surface area contributed by atoms with E-state index in [-0.39, 0.29) is 0 Å². The molecule has 2 aromatic rings. The van der Waals surface area contributed by atoms with Gasteiger partial charge in [-0.3, -0.25) is 9.98 Å². The molecule has 3 atom stereocenters. The maximum absolute atomic E-state index is 5.90. The second-order valence-corrected chi connectivity index (χ2v) is 6.60. The summed E-state index contributed by atoms with van der Waals surface area (Å²) in [6.07, 6.45) is 7.06. The third-order valence-corrected chi connectivity index (χ3v) is 5.05. The van der Waals surface area contributed by atoms with E-state index in [4.69, 9.17) is 4.74 Å². The van der Waals surface area contributed by atoms with E-state index in [1.54, 1.807) is 0 Å². The summed E-state index contributed by atoms with van der Waals surface area (Å²) in [5.41, 5.74) is 2.35. The van der Waals surface area contributed by atoms with Crippen molar-refractivity contribution >= 4 is 16.9 Å². The normalized spacial score (nSPS) is 26.0. The number of ether oxygens (including phenoxy) is 1. The maximum Gasteiger partial charge on any atom is 0.191 e. The zero-order valence-electron chi connectivity index (χ0n) is 14.0. The first-order valence-electron chi connectivity index (χ1n) is 8.79. The number of nitrogens with zero attached hydrogens (tertiary/aromatic N) is 2. The predicted molar refractivity (Wildman–Crippen MR) is 96.2 cm³/mol. The zero-order valence-corrected chi connectivity index (χ0v) is 14.0. The summed E-state index contributed by atoms with van der Waals surface area (Å²) >= 11 is 0. The SMILES string of the molecule is CN=C(NCCc1cccc2cccnc12)NC1CC2CCC1O2. The van der Waals surface area contributed by atoms with Gasteiger partial charge in [-0.2, -0.15) is 0 Å². The minimum Gasteiger partial charge on any atom is -0.373 e. The van der Waals surface area contributed by atoms with Crippen LogP contribution in [0, 0.1) is 0 Å². The Morgan fingerprint density at radius 3 is 3.00 bits per heavy atom. The Labute approximate surface area is 142 Å². The minimum atomic E-state index is 0.357. The van der Waals surface area contributed by atoms with Crippen molar-refractivity contribution in [1.29, 1.82) is 0 Å². The first-order chi connectivity index (χ1) is 11.8. The number of aromatic nitrogens is 1. The molecule has 0 spiro atoms. The summed E-state index contributed by atoms with van der Waals surface area (Å²) in [5.74, 6) is 0.865. The van der Waals surface area contributed by atoms with Crippen molar-refractivity contribution in [2.24, 2.45) is 4.99 Å². The van der Waals surface area contributed by atoms with Gasteiger partial charge in [0.1, 0.15) is 0 Å². The van der Waals surface area contributed by atoms with Gasteiger partial charge in [0.15, 0.2) is 5.96 Å². The number of hydrogen-bond acceptors (Lipinski definition) is 3. The van der Waals surface area contributed by atoms with Gasteiger partial charge in [-0.1, -0.05) is 24.3 Å². The highest BCUT2D eigenvalue weighted by Gasteiger charge is 2.41. The highest BCUT2D eigenvalue weighted by molar-refractivity contribution is 5.82. The van der Waals surface area contributed by atoms with Crippen molar-refractivity contribution in [1.82, 2.24) is 15.6 Å². The van der Waals surface area contributed by atoms with Crippen molar-refractivity contribution in [2.75, 3.05) is 13.6 Å². The third-order valence-electron chi connectivity index (χ3n) is 5.05. The van der Waals surface area contributed by atoms with Gasteiger partial charge in [-0.25, -0.2) is 0 Å². The summed E-state index contributed by atoms with van der Waals surface area (Å²) in [7, 11) is 1.82. The number of guanidine groups is 1. The first kappa shape index (κ1) is 15.4. The quantitative estimate of drug-likeness (QED) is 0.669. The molecule has 2 fully saturated rings. The molecule has 5 heteroatoms. The lowest BCUT2D eigenvalue weighted by Gasteiger charge is -2.22. The van der Waals surface area contributed by atoms with Crippen molar-refractivity contribution < 1.29 is 4.74 Å². The number of fused-ring (bicyclic) bond motifs is 3. The summed E-state index contributed by atoms with van der Waals surface area (Å²) in [6.45, 7) is 0.830. The van der Waals surface area contributed by atoms with E-state index >= 15 is 0 Å². The van der Waals surface area contributed by atoms with Gasteiger partial charge in [0.05, 0.1) is 23.8 Å². The molecule has 0 aliphatic carbocycles. The smallest absolute Gasteiger partial charge is 0.191 e. The van der Waals surface area contributed by atoms with E-state index in [2.05, 4.69) is 44.9 Å². The van der Waals surface area contributed by atoms with E-state index in [0.29, 0.717) is 18.2 Å². The molecule has 0 amide bonds. The number of para-hydroxylation sites is 1. The number of hydrogen-bond donors (Lipinski definition) is 2. The van der Waals surface area contributed by atoms with Crippen LogP contribution < -0.4 is 10.6 Å². The molecule has 3 heterocycles. The van der Waals surface area contributed by atoms with Gasteiger partial charge >= 0.3 is 0 Å². The second-order valence-electron chi connectivity index (χ2n) is 6.60. The van der Waals surface area contributed by atoms with Crippen LogP contribution in [0.15, 0.2) is 41.5 Å². The summed E-state index contributed by atoms with van der Waals surface area (Å²) < 4.78 is 5.90. The number of nitrogens with one attached hydrogen (secondary N) is 2. The number of pyridine rings is 1. The molecule has 4 rings (SSSR count). The minimum absolute atomic E-state index is 0.357. The van der Waals surface area contributed by atoms with Crippen molar-refractivity contribution in [3.8, 4) is 0 Å². The Kier molecular flexibility index (Phi) is 4.34. The molecular formula is C19H24N4O. The van der Waals surface area contributed by atoms with Crippen LogP contribution in [0.5, 0.6) is 0 Å². The van der Waals surface area contributed by atoms with Gasteiger partial charge in [-0.05, 0) is 37.3 Å². The van der Waals surface area contributed by atoms with Gasteiger partial charge in [-0.15, -0.1) is 0 Å². The Balaban J connectivity index is 1.34. The van der Waals surface area contributed by atoms with Gasteiger partial charge in [0.25, 0.3) is 0 Å². The molecule has 2 aliphatic heterocycles. The van der Waals surface area contributed by atoms with Gasteiger partial charge in [0.2, 0.25) is 0 Å². The third kappa shape index (κ3) is 3.08. The lowest BCUT2D eigenvalue weighted by Crippen LogP contribution is -2.47. The first-order valence-corrected chi connectivity index (χ1v) is 8.79. The molecule has 2 aliphatic rings. The monoisotopic (exact) mass is 324 g/mol. The van der Waals surface area contributed by atoms with E-state index < -0.39 is 0 Å². The highest BCUT2D eigenvalue weighted by atomic mass is 16.5. The van der Waals surface area contributed by atoms with Gasteiger partial charge in [0, 0.05) is 25.2 Å². The molecule has 1 aromatic heterocycles. The Bertz CT molecular complexity index is 740. The van der Waals surface area contributed by atoms with Crippen LogP contribution in [0.2, 0.25) is 0 Å². The molecule has 5 nitrogen and oxygen atoms in total. The average Bonchev–Trinajstić information content (AvgIpc) is 3.24. The number of aliphatic imine (C=N–C) groups is 1. The fourth-order valence-electron chi connectivity index (χ4n) is 3.84. The molecule has 2 saturated heterocycles. The standard InChI is InChI=1S/C19H24N4O/c1-20-19(23-16-12-15-7-8-17(16)24-15)22-11-9-14-5-2-4-13-6-3-10-21-18(13)14/h2-6,10,15-17H,7-9,11-12H2,1H3,(H2,20,22,23). The van der Waals surface area contributed by atoms with Crippen molar-refractivity contribution in [3.05, 3.63) is 42.1 Å². The highest BCUT2D eigenvalue weighted by Crippen LogP contribution is 2.34. The topological polar surface area (TPSA) is 58.5 Å². The lowest BCUT2D eigenvalue weighted by molar-refractivity contribution is 0.0992. The summed E-state index contributed by atoms with van der Waals surface area (Å²) in [4.78, 5) is 8.87. The summed E-state index contributed by atoms with van der Waals surface area (Å²) in [6, 6.07) is 10.8. The van der Waals surface area contributed by atoms with Crippen molar-refractivity contribution in [3.63, 3.8) is 0 Å². The average molecular weight is 324 g/mol. The molecule has 0 radical (unpaired) electrons. The fourth-order valence-corrected chi connectivity index (χ4v) is 3.84.